The molecule has 2 aliphatic heterocycles. The minimum absolute atomic E-state index is 0.0808. The Hall–Kier alpha value is -1.54. The van der Waals surface area contributed by atoms with E-state index < -0.39 is 5.97 Å². The molecule has 0 radical (unpaired) electrons. The summed E-state index contributed by atoms with van der Waals surface area (Å²) in [6.07, 6.45) is 6.90. The van der Waals surface area contributed by atoms with Gasteiger partial charge in [0.2, 0.25) is 5.91 Å². The average Bonchev–Trinajstić information content (AvgIpc) is 3.36. The predicted molar refractivity (Wildman–Crippen MR) is 115 cm³/mol. The minimum Gasteiger partial charge on any atom is -0.481 e. The van der Waals surface area contributed by atoms with Crippen molar-refractivity contribution < 1.29 is 19.5 Å². The molecular weight excluding hydrogens is 408 g/mol. The Morgan fingerprint density at radius 1 is 1.21 bits per heavy atom. The Bertz CT molecular complexity index is 824. The second kappa shape index (κ2) is 8.30. The lowest BCUT2D eigenvalue weighted by molar-refractivity contribution is -0.137. The molecule has 29 heavy (non-hydrogen) atoms. The smallest absolute Gasteiger partial charge is 0.303 e. The number of rotatable bonds is 6. The molecule has 0 aromatic carbocycles. The van der Waals surface area contributed by atoms with Gasteiger partial charge in [0.1, 0.15) is 0 Å². The first-order valence-electron chi connectivity index (χ1n) is 10.3. The number of carboxylic acids is 1. The number of hydrogen-bond acceptors (Lipinski definition) is 5. The topological polar surface area (TPSA) is 77.9 Å². The Kier molecular flexibility index (Phi) is 5.93. The number of fused-ring (bicyclic) bond motifs is 2. The van der Waals surface area contributed by atoms with Gasteiger partial charge >= 0.3 is 5.97 Å². The molecule has 1 aliphatic carbocycles. The van der Waals surface area contributed by atoms with Crippen LogP contribution in [-0.4, -0.2) is 70.9 Å². The molecule has 3 aliphatic rings. The number of aryl methyl sites for hydroxylation is 1. The van der Waals surface area contributed by atoms with E-state index in [2.05, 4.69) is 5.38 Å². The highest BCUT2D eigenvalue weighted by Gasteiger charge is 2.54. The van der Waals surface area contributed by atoms with Crippen LogP contribution in [0.4, 0.5) is 0 Å². The van der Waals surface area contributed by atoms with Gasteiger partial charge in [0, 0.05) is 43.9 Å². The van der Waals surface area contributed by atoms with Crippen molar-refractivity contribution in [1.29, 1.82) is 0 Å². The van der Waals surface area contributed by atoms with E-state index in [0.717, 1.165) is 24.1 Å². The van der Waals surface area contributed by atoms with Gasteiger partial charge in [-0.15, -0.1) is 11.3 Å². The molecule has 1 aromatic heterocycles. The van der Waals surface area contributed by atoms with Crippen LogP contribution in [0.1, 0.15) is 46.5 Å². The molecule has 2 atom stereocenters. The van der Waals surface area contributed by atoms with Crippen LogP contribution in [0.15, 0.2) is 5.38 Å². The van der Waals surface area contributed by atoms with Crippen LogP contribution in [0.3, 0.4) is 0 Å². The maximum Gasteiger partial charge on any atom is 0.303 e. The zero-order chi connectivity index (χ0) is 20.6. The zero-order valence-corrected chi connectivity index (χ0v) is 18.4. The van der Waals surface area contributed by atoms with E-state index in [-0.39, 0.29) is 29.6 Å². The van der Waals surface area contributed by atoms with E-state index in [0.29, 0.717) is 38.4 Å². The molecular formula is C21H28N2O4S2. The number of aliphatic carboxylic acids is 1. The van der Waals surface area contributed by atoms with Gasteiger partial charge in [-0.2, -0.15) is 11.8 Å². The molecule has 158 valence electrons. The number of carbonyl (C=O) groups excluding carboxylic acids is 2. The Labute approximate surface area is 179 Å². The summed E-state index contributed by atoms with van der Waals surface area (Å²) in [6, 6.07) is 0. The van der Waals surface area contributed by atoms with Crippen molar-refractivity contribution in [3.8, 4) is 0 Å². The lowest BCUT2D eigenvalue weighted by Gasteiger charge is -2.29. The maximum atomic E-state index is 13.3. The van der Waals surface area contributed by atoms with E-state index in [1.165, 1.54) is 29.3 Å². The van der Waals surface area contributed by atoms with Crippen molar-refractivity contribution in [3.63, 3.8) is 0 Å². The molecule has 2 amide bonds. The van der Waals surface area contributed by atoms with Gasteiger partial charge in [-0.25, -0.2) is 0 Å². The normalized spacial score (nSPS) is 25.8. The molecule has 3 heterocycles. The van der Waals surface area contributed by atoms with E-state index in [9.17, 15) is 19.5 Å². The van der Waals surface area contributed by atoms with Crippen molar-refractivity contribution in [3.05, 3.63) is 21.4 Å². The summed E-state index contributed by atoms with van der Waals surface area (Å²) in [5.41, 5.74) is 2.28. The standard InChI is InChI=1S/C21H28N2O4S2/c1-28-11-17(24)22-8-15-9-23(13-21(15,12-22)7-6-18(25)26)20(27)19-16-5-3-2-4-14(16)10-29-19/h10,15H,2-9,11-13H2,1H3,(H,25,26). The van der Waals surface area contributed by atoms with Gasteiger partial charge in [-0.05, 0) is 54.9 Å². The number of thiophene rings is 1. The lowest BCUT2D eigenvalue weighted by Crippen LogP contribution is -2.39. The van der Waals surface area contributed by atoms with Gasteiger partial charge in [-0.3, -0.25) is 14.4 Å². The van der Waals surface area contributed by atoms with E-state index in [1.807, 2.05) is 16.1 Å². The number of amides is 2. The maximum absolute atomic E-state index is 13.3. The number of nitrogens with zero attached hydrogens (tertiary/aromatic N) is 2. The third kappa shape index (κ3) is 3.93. The highest BCUT2D eigenvalue weighted by Crippen LogP contribution is 2.47. The summed E-state index contributed by atoms with van der Waals surface area (Å²) in [5, 5.41) is 11.4. The fraction of sp³-hybridized carbons (Fsp3) is 0.667. The number of likely N-dealkylation sites (tertiary alicyclic amines) is 2. The summed E-state index contributed by atoms with van der Waals surface area (Å²) in [5.74, 6) is 0.0127. The number of hydrogen-bond donors (Lipinski definition) is 1. The molecule has 2 fully saturated rings. The number of thioether (sulfide) groups is 1. The van der Waals surface area contributed by atoms with Crippen LogP contribution in [0, 0.1) is 11.3 Å². The zero-order valence-electron chi connectivity index (χ0n) is 16.8. The summed E-state index contributed by atoms with van der Waals surface area (Å²) in [4.78, 5) is 41.7. The Morgan fingerprint density at radius 2 is 1.93 bits per heavy atom. The molecule has 2 saturated heterocycles. The highest BCUT2D eigenvalue weighted by molar-refractivity contribution is 7.99. The van der Waals surface area contributed by atoms with E-state index in [1.54, 1.807) is 11.3 Å². The molecule has 0 bridgehead atoms. The molecule has 1 aromatic rings. The lowest BCUT2D eigenvalue weighted by atomic mass is 9.77. The van der Waals surface area contributed by atoms with Crippen LogP contribution < -0.4 is 0 Å². The Morgan fingerprint density at radius 3 is 2.69 bits per heavy atom. The molecule has 6 nitrogen and oxygen atoms in total. The molecule has 0 saturated carbocycles. The Balaban J connectivity index is 1.52. The number of carboxylic acid groups (broad SMARTS) is 1. The first-order valence-corrected chi connectivity index (χ1v) is 12.6. The summed E-state index contributed by atoms with van der Waals surface area (Å²) >= 11 is 3.08. The van der Waals surface area contributed by atoms with Crippen molar-refractivity contribution >= 4 is 40.9 Å². The van der Waals surface area contributed by atoms with Crippen molar-refractivity contribution in [2.75, 3.05) is 38.2 Å². The minimum atomic E-state index is -0.816. The second-order valence-electron chi connectivity index (χ2n) is 8.62. The monoisotopic (exact) mass is 436 g/mol. The van der Waals surface area contributed by atoms with E-state index >= 15 is 0 Å². The fourth-order valence-corrected chi connectivity index (χ4v) is 6.85. The van der Waals surface area contributed by atoms with Gasteiger partial charge in [0.15, 0.2) is 0 Å². The van der Waals surface area contributed by atoms with Crippen molar-refractivity contribution in [2.24, 2.45) is 11.3 Å². The molecule has 1 N–H and O–H groups in total. The molecule has 8 heteroatoms. The van der Waals surface area contributed by atoms with Crippen LogP contribution in [0.25, 0.3) is 0 Å². The molecule has 2 unspecified atom stereocenters. The number of carbonyl (C=O) groups is 3. The fourth-order valence-electron chi connectivity index (χ4n) is 5.29. The van der Waals surface area contributed by atoms with Crippen LogP contribution in [0.2, 0.25) is 0 Å². The third-order valence-corrected chi connectivity index (χ3v) is 8.40. The SMILES string of the molecule is CSCC(=O)N1CC2CN(C(=O)c3scc4c3CCCC4)CC2(CCC(=O)O)C1. The van der Waals surface area contributed by atoms with Crippen molar-refractivity contribution in [1.82, 2.24) is 9.80 Å². The van der Waals surface area contributed by atoms with Crippen LogP contribution in [-0.2, 0) is 22.4 Å². The molecule has 0 spiro atoms. The second-order valence-corrected chi connectivity index (χ2v) is 10.4. The highest BCUT2D eigenvalue weighted by atomic mass is 32.2. The van der Waals surface area contributed by atoms with E-state index in [4.69, 9.17) is 0 Å². The van der Waals surface area contributed by atoms with Gasteiger partial charge in [0.25, 0.3) is 5.91 Å². The average molecular weight is 437 g/mol. The van der Waals surface area contributed by atoms with Gasteiger partial charge in [0.05, 0.1) is 10.6 Å². The first kappa shape index (κ1) is 20.7. The summed E-state index contributed by atoms with van der Waals surface area (Å²) < 4.78 is 0. The van der Waals surface area contributed by atoms with Gasteiger partial charge in [-0.1, -0.05) is 0 Å². The van der Waals surface area contributed by atoms with Crippen LogP contribution in [0.5, 0.6) is 0 Å². The summed E-state index contributed by atoms with van der Waals surface area (Å²) in [7, 11) is 0. The quantitative estimate of drug-likeness (QED) is 0.742. The predicted octanol–water partition coefficient (Wildman–Crippen LogP) is 2.76. The largest absolute Gasteiger partial charge is 0.481 e. The first-order chi connectivity index (χ1) is 13.9. The van der Waals surface area contributed by atoms with Gasteiger partial charge < -0.3 is 14.9 Å². The van der Waals surface area contributed by atoms with Crippen LogP contribution >= 0.6 is 23.1 Å². The third-order valence-electron chi connectivity index (χ3n) is 6.80. The summed E-state index contributed by atoms with van der Waals surface area (Å²) in [6.45, 7) is 2.37. The molecule has 4 rings (SSSR count). The van der Waals surface area contributed by atoms with Crippen molar-refractivity contribution in [2.45, 2.75) is 38.5 Å².